The van der Waals surface area contributed by atoms with Crippen LogP contribution < -0.4 is 30.5 Å². The number of fused-ring (bicyclic) bond motifs is 14. The van der Waals surface area contributed by atoms with E-state index >= 15 is 0 Å². The molecule has 0 aromatic heterocycles. The Balaban J connectivity index is 1.06. The van der Waals surface area contributed by atoms with Crippen LogP contribution in [0.15, 0.2) is 158 Å². The molecule has 280 valence electrons. The van der Waals surface area contributed by atoms with E-state index in [-0.39, 0.29) is 0 Å². The molecule has 0 unspecified atom stereocenters. The molecular formula is C54H46N2Si2. The third-order valence-electron chi connectivity index (χ3n) is 14.1. The van der Waals surface area contributed by atoms with E-state index in [1.807, 2.05) is 0 Å². The molecule has 2 nitrogen and oxygen atoms in total. The number of benzene rings is 8. The summed E-state index contributed by atoms with van der Waals surface area (Å²) in [5, 5.41) is 9.32. The van der Waals surface area contributed by atoms with Crippen molar-refractivity contribution < 1.29 is 0 Å². The predicted octanol–water partition coefficient (Wildman–Crippen LogP) is 11.6. The Bertz CT molecular complexity index is 2750. The number of rotatable bonds is 2. The van der Waals surface area contributed by atoms with Crippen molar-refractivity contribution in [1.82, 2.24) is 0 Å². The Morgan fingerprint density at radius 2 is 0.672 bits per heavy atom. The minimum absolute atomic E-state index is 1.05. The monoisotopic (exact) mass is 778 g/mol. The second kappa shape index (κ2) is 12.3. The third-order valence-corrected chi connectivity index (χ3v) is 21.4. The van der Waals surface area contributed by atoms with Crippen molar-refractivity contribution in [1.29, 1.82) is 0 Å². The van der Waals surface area contributed by atoms with Gasteiger partial charge in [0.2, 0.25) is 0 Å². The van der Waals surface area contributed by atoms with Crippen molar-refractivity contribution in [2.24, 2.45) is 0 Å². The Morgan fingerprint density at radius 3 is 1.02 bits per heavy atom. The van der Waals surface area contributed by atoms with E-state index in [0.717, 1.165) is 25.7 Å². The summed E-state index contributed by atoms with van der Waals surface area (Å²) in [6.07, 6.45) is 4.21. The van der Waals surface area contributed by atoms with E-state index in [1.165, 1.54) is 89.4 Å². The van der Waals surface area contributed by atoms with Crippen molar-refractivity contribution in [2.45, 2.75) is 51.9 Å². The van der Waals surface area contributed by atoms with Gasteiger partial charge in [0.25, 0.3) is 0 Å². The number of anilines is 6. The van der Waals surface area contributed by atoms with Gasteiger partial charge in [-0.2, -0.15) is 0 Å². The maximum atomic E-state index is 2.64. The van der Waals surface area contributed by atoms with Crippen molar-refractivity contribution in [2.75, 3.05) is 9.80 Å². The van der Waals surface area contributed by atoms with Crippen LogP contribution in [0.25, 0.3) is 33.0 Å². The maximum absolute atomic E-state index is 2.64. The third kappa shape index (κ3) is 4.64. The molecule has 0 N–H and O–H groups in total. The average Bonchev–Trinajstić information content (AvgIpc) is 3.44. The fourth-order valence-electron chi connectivity index (χ4n) is 11.4. The van der Waals surface area contributed by atoms with Gasteiger partial charge in [0.15, 0.2) is 0 Å². The topological polar surface area (TPSA) is 6.48 Å². The van der Waals surface area contributed by atoms with Crippen LogP contribution in [0.4, 0.5) is 34.1 Å². The molecular weight excluding hydrogens is 733 g/mol. The normalized spacial score (nSPS) is 16.2. The first-order valence-electron chi connectivity index (χ1n) is 21.1. The van der Waals surface area contributed by atoms with Crippen molar-refractivity contribution in [3.63, 3.8) is 0 Å². The smallest absolute Gasteiger partial charge is 0.113 e. The Hall–Kier alpha value is -5.95. The van der Waals surface area contributed by atoms with E-state index in [1.54, 1.807) is 20.7 Å². The second-order valence-electron chi connectivity index (χ2n) is 17.9. The Labute approximate surface area is 344 Å². The van der Waals surface area contributed by atoms with E-state index in [2.05, 4.69) is 194 Å². The van der Waals surface area contributed by atoms with E-state index in [9.17, 15) is 0 Å². The first-order chi connectivity index (χ1) is 28.3. The summed E-state index contributed by atoms with van der Waals surface area (Å²) in [5.41, 5.74) is 19.4. The molecule has 8 aromatic rings. The first-order valence-corrected chi connectivity index (χ1v) is 27.1. The molecule has 4 aliphatic rings. The molecule has 0 atom stereocenters. The lowest BCUT2D eigenvalue weighted by molar-refractivity contribution is 0.977. The van der Waals surface area contributed by atoms with E-state index in [4.69, 9.17) is 0 Å². The van der Waals surface area contributed by atoms with Crippen LogP contribution >= 0.6 is 0 Å². The summed E-state index contributed by atoms with van der Waals surface area (Å²) in [5.74, 6) is 0. The van der Waals surface area contributed by atoms with Crippen LogP contribution in [0.5, 0.6) is 0 Å². The highest BCUT2D eigenvalue weighted by atomic mass is 28.3. The molecule has 0 spiro atoms. The standard InChI is InChI=1S/C54H46N2Si2/c1-57(2)49-33-39(55-45-21-11-5-15-35(45)25-26-36-16-6-12-22-46(36)55)29-31-43(49)51-41-19-9-10-20-42(41)52-44-32-30-40(34-50(44)58(3,4)54(52)53(51)57)56-47-23-13-7-17-37(47)27-28-38-18-8-14-24-48(38)56/h5-24,29-34H,25-28H2,1-4H3. The minimum Gasteiger partial charge on any atom is -0.310 e. The van der Waals surface area contributed by atoms with Gasteiger partial charge in [-0.15, -0.1) is 0 Å². The van der Waals surface area contributed by atoms with Gasteiger partial charge in [0, 0.05) is 34.1 Å². The largest absolute Gasteiger partial charge is 0.310 e. The molecule has 4 heterocycles. The summed E-state index contributed by atoms with van der Waals surface area (Å²) < 4.78 is 0. The highest BCUT2D eigenvalue weighted by molar-refractivity contribution is 7.13. The molecule has 0 aliphatic carbocycles. The lowest BCUT2D eigenvalue weighted by Gasteiger charge is -2.31. The number of hydrogen-bond donors (Lipinski definition) is 0. The van der Waals surface area contributed by atoms with Crippen molar-refractivity contribution >= 4 is 81.8 Å². The maximum Gasteiger partial charge on any atom is 0.113 e. The van der Waals surface area contributed by atoms with Gasteiger partial charge in [-0.25, -0.2) is 0 Å². The molecule has 0 saturated carbocycles. The van der Waals surface area contributed by atoms with Gasteiger partial charge in [-0.05, 0) is 150 Å². The summed E-state index contributed by atoms with van der Waals surface area (Å²) >= 11 is 0. The molecule has 58 heavy (non-hydrogen) atoms. The average molecular weight is 779 g/mol. The van der Waals surface area contributed by atoms with Gasteiger partial charge in [0.05, 0.1) is 0 Å². The molecule has 0 saturated heterocycles. The zero-order valence-corrected chi connectivity index (χ0v) is 35.7. The molecule has 0 bridgehead atoms. The van der Waals surface area contributed by atoms with Crippen LogP contribution in [0.2, 0.25) is 26.2 Å². The van der Waals surface area contributed by atoms with E-state index in [0.29, 0.717) is 0 Å². The van der Waals surface area contributed by atoms with Crippen LogP contribution in [0.1, 0.15) is 22.3 Å². The second-order valence-corrected chi connectivity index (χ2v) is 26.5. The number of hydrogen-bond acceptors (Lipinski definition) is 2. The first kappa shape index (κ1) is 34.1. The van der Waals surface area contributed by atoms with Crippen LogP contribution in [-0.4, -0.2) is 16.1 Å². The van der Waals surface area contributed by atoms with Crippen LogP contribution in [-0.2, 0) is 25.7 Å². The number of aryl methyl sites for hydroxylation is 4. The summed E-state index contributed by atoms with van der Waals surface area (Å²) in [4.78, 5) is 5.12. The SMILES string of the molecule is C[Si]1(C)c2cc(N3c4ccccc4CCc4ccccc43)ccc2-c2c1c1c(c3ccccc23)-c2ccc(N3c4ccccc4CCc4ccccc43)cc2[Si]1(C)C. The quantitative estimate of drug-likeness (QED) is 0.161. The molecule has 0 radical (unpaired) electrons. The highest BCUT2D eigenvalue weighted by Gasteiger charge is 2.49. The summed E-state index contributed by atoms with van der Waals surface area (Å²) in [6, 6.07) is 60.6. The molecule has 4 heteroatoms. The van der Waals surface area contributed by atoms with Gasteiger partial charge >= 0.3 is 0 Å². The minimum atomic E-state index is -2.22. The lowest BCUT2D eigenvalue weighted by atomic mass is 9.92. The molecule has 4 aliphatic heterocycles. The highest BCUT2D eigenvalue weighted by Crippen LogP contribution is 2.47. The number of nitrogens with zero attached hydrogens (tertiary/aromatic N) is 2. The van der Waals surface area contributed by atoms with Gasteiger partial charge in [-0.3, -0.25) is 0 Å². The summed E-state index contributed by atoms with van der Waals surface area (Å²) in [7, 11) is -4.45. The Kier molecular flexibility index (Phi) is 7.23. The van der Waals surface area contributed by atoms with E-state index < -0.39 is 16.1 Å². The predicted molar refractivity (Wildman–Crippen MR) is 253 cm³/mol. The van der Waals surface area contributed by atoms with Crippen molar-refractivity contribution in [3.05, 3.63) is 180 Å². The fraction of sp³-hybridized carbons (Fsp3) is 0.148. The number of para-hydroxylation sites is 4. The molecule has 0 amide bonds. The van der Waals surface area contributed by atoms with Gasteiger partial charge in [-0.1, -0.05) is 135 Å². The molecule has 0 fully saturated rings. The van der Waals surface area contributed by atoms with Crippen LogP contribution in [0.3, 0.4) is 0 Å². The van der Waals surface area contributed by atoms with Crippen molar-refractivity contribution in [3.8, 4) is 22.3 Å². The molecule has 8 aromatic carbocycles. The van der Waals surface area contributed by atoms with Crippen LogP contribution in [0, 0.1) is 0 Å². The Morgan fingerprint density at radius 1 is 0.362 bits per heavy atom. The summed E-state index contributed by atoms with van der Waals surface area (Å²) in [6.45, 7) is 10.6. The van der Waals surface area contributed by atoms with Gasteiger partial charge < -0.3 is 9.80 Å². The van der Waals surface area contributed by atoms with Gasteiger partial charge in [0.1, 0.15) is 16.1 Å². The fourth-order valence-corrected chi connectivity index (χ4v) is 19.9. The zero-order valence-electron chi connectivity index (χ0n) is 33.7. The lowest BCUT2D eigenvalue weighted by Crippen LogP contribution is -2.63. The molecule has 12 rings (SSSR count). The zero-order chi connectivity index (χ0) is 38.9.